The Kier molecular flexibility index (Phi) is 4.80. The fourth-order valence-electron chi connectivity index (χ4n) is 3.78. The number of carbonyl (C=O) groups excluding carboxylic acids is 1. The smallest absolute Gasteiger partial charge is 0.272 e. The molecule has 0 bridgehead atoms. The van der Waals surface area contributed by atoms with Crippen LogP contribution in [0, 0.1) is 0 Å². The lowest BCUT2D eigenvalue weighted by Gasteiger charge is -2.17. The highest BCUT2D eigenvalue weighted by Crippen LogP contribution is 2.28. The fraction of sp³-hybridized carbons (Fsp3) is 0.0800. The molecule has 6 heteroatoms. The molecule has 2 heterocycles. The highest BCUT2D eigenvalue weighted by Gasteiger charge is 2.22. The SMILES string of the molecule is O=C(Cc1n[nH]c(=O)c2ccccc12)NC(c1ccccc1)c1cc2ccccc2o1. The normalized spacial score (nSPS) is 12.1. The Morgan fingerprint density at radius 3 is 2.45 bits per heavy atom. The maximum Gasteiger partial charge on any atom is 0.272 e. The van der Waals surface area contributed by atoms with Crippen molar-refractivity contribution in [2.45, 2.75) is 12.5 Å². The van der Waals surface area contributed by atoms with Crippen LogP contribution in [0.4, 0.5) is 0 Å². The zero-order chi connectivity index (χ0) is 21.2. The molecule has 0 fully saturated rings. The average Bonchev–Trinajstić information content (AvgIpc) is 3.24. The molecule has 0 saturated carbocycles. The third kappa shape index (κ3) is 3.71. The van der Waals surface area contributed by atoms with Crippen molar-refractivity contribution in [2.24, 2.45) is 0 Å². The molecule has 2 aromatic heterocycles. The van der Waals surface area contributed by atoms with Crippen LogP contribution in [0.2, 0.25) is 0 Å². The Morgan fingerprint density at radius 2 is 1.65 bits per heavy atom. The summed E-state index contributed by atoms with van der Waals surface area (Å²) in [5, 5.41) is 11.8. The molecule has 5 aromatic rings. The summed E-state index contributed by atoms with van der Waals surface area (Å²) in [6.45, 7) is 0. The van der Waals surface area contributed by atoms with Gasteiger partial charge < -0.3 is 9.73 Å². The van der Waals surface area contributed by atoms with Gasteiger partial charge in [-0.15, -0.1) is 0 Å². The Bertz CT molecular complexity index is 1400. The minimum atomic E-state index is -0.449. The molecular formula is C25H19N3O3. The van der Waals surface area contributed by atoms with Gasteiger partial charge in [0.2, 0.25) is 5.91 Å². The van der Waals surface area contributed by atoms with Crippen molar-refractivity contribution in [2.75, 3.05) is 0 Å². The lowest BCUT2D eigenvalue weighted by molar-refractivity contribution is -0.121. The van der Waals surface area contributed by atoms with E-state index in [2.05, 4.69) is 15.5 Å². The molecule has 0 saturated heterocycles. The number of amides is 1. The number of para-hydroxylation sites is 1. The monoisotopic (exact) mass is 409 g/mol. The number of fused-ring (bicyclic) bond motifs is 2. The van der Waals surface area contributed by atoms with E-state index in [0.29, 0.717) is 22.2 Å². The maximum absolute atomic E-state index is 13.0. The first-order valence-electron chi connectivity index (χ1n) is 9.98. The lowest BCUT2D eigenvalue weighted by atomic mass is 10.0. The predicted molar refractivity (Wildman–Crippen MR) is 119 cm³/mol. The van der Waals surface area contributed by atoms with Gasteiger partial charge in [-0.05, 0) is 23.8 Å². The minimum absolute atomic E-state index is 0.0286. The Balaban J connectivity index is 1.48. The van der Waals surface area contributed by atoms with Gasteiger partial charge in [-0.3, -0.25) is 9.59 Å². The van der Waals surface area contributed by atoms with Crippen LogP contribution < -0.4 is 10.9 Å². The van der Waals surface area contributed by atoms with Gasteiger partial charge in [0, 0.05) is 10.8 Å². The number of H-pyrrole nitrogens is 1. The van der Waals surface area contributed by atoms with Crippen molar-refractivity contribution in [3.63, 3.8) is 0 Å². The number of aromatic amines is 1. The fourth-order valence-corrected chi connectivity index (χ4v) is 3.78. The number of furan rings is 1. The van der Waals surface area contributed by atoms with E-state index >= 15 is 0 Å². The van der Waals surface area contributed by atoms with Gasteiger partial charge in [-0.1, -0.05) is 66.7 Å². The van der Waals surface area contributed by atoms with Crippen molar-refractivity contribution in [3.8, 4) is 0 Å². The summed E-state index contributed by atoms with van der Waals surface area (Å²) >= 11 is 0. The molecule has 6 nitrogen and oxygen atoms in total. The van der Waals surface area contributed by atoms with E-state index < -0.39 is 6.04 Å². The first kappa shape index (κ1) is 18.8. The van der Waals surface area contributed by atoms with E-state index in [-0.39, 0.29) is 17.9 Å². The van der Waals surface area contributed by atoms with E-state index in [9.17, 15) is 9.59 Å². The number of hydrogen-bond donors (Lipinski definition) is 2. The number of benzene rings is 3. The second-order valence-corrected chi connectivity index (χ2v) is 7.32. The van der Waals surface area contributed by atoms with Crippen LogP contribution in [0.5, 0.6) is 0 Å². The molecule has 0 radical (unpaired) electrons. The highest BCUT2D eigenvalue weighted by molar-refractivity contribution is 5.88. The van der Waals surface area contributed by atoms with Crippen LogP contribution in [0.15, 0.2) is 94.1 Å². The first-order valence-corrected chi connectivity index (χ1v) is 9.98. The number of carbonyl (C=O) groups is 1. The number of rotatable bonds is 5. The lowest BCUT2D eigenvalue weighted by Crippen LogP contribution is -2.31. The molecule has 0 spiro atoms. The molecule has 0 aliphatic heterocycles. The first-order chi connectivity index (χ1) is 15.2. The molecule has 1 unspecified atom stereocenters. The van der Waals surface area contributed by atoms with E-state index in [1.165, 1.54) is 0 Å². The molecule has 31 heavy (non-hydrogen) atoms. The number of nitrogens with zero attached hydrogens (tertiary/aromatic N) is 1. The summed E-state index contributed by atoms with van der Waals surface area (Å²) in [7, 11) is 0. The second-order valence-electron chi connectivity index (χ2n) is 7.32. The van der Waals surface area contributed by atoms with Gasteiger partial charge in [0.25, 0.3) is 5.56 Å². The molecule has 152 valence electrons. The summed E-state index contributed by atoms with van der Waals surface area (Å²) in [5.74, 6) is 0.430. The van der Waals surface area contributed by atoms with Gasteiger partial charge >= 0.3 is 0 Å². The second kappa shape index (κ2) is 7.91. The highest BCUT2D eigenvalue weighted by atomic mass is 16.3. The van der Waals surface area contributed by atoms with Gasteiger partial charge in [0.05, 0.1) is 17.5 Å². The zero-order valence-electron chi connectivity index (χ0n) is 16.5. The van der Waals surface area contributed by atoms with Gasteiger partial charge in [0.15, 0.2) is 0 Å². The predicted octanol–water partition coefficient (Wildman–Crippen LogP) is 4.12. The molecule has 0 aliphatic rings. The van der Waals surface area contributed by atoms with Crippen LogP contribution in [0.3, 0.4) is 0 Å². The summed E-state index contributed by atoms with van der Waals surface area (Å²) in [6, 6.07) is 26.0. The van der Waals surface area contributed by atoms with E-state index in [1.54, 1.807) is 18.2 Å². The molecular weight excluding hydrogens is 390 g/mol. The standard InChI is InChI=1S/C25H19N3O3/c29-23(15-20-18-11-5-6-12-19(18)25(30)28-27-20)26-24(16-8-2-1-3-9-16)22-14-17-10-4-7-13-21(17)31-22/h1-14,24H,15H2,(H,26,29)(H,28,30). The van der Waals surface area contributed by atoms with Crippen LogP contribution >= 0.6 is 0 Å². The third-order valence-corrected chi connectivity index (χ3v) is 5.27. The van der Waals surface area contributed by atoms with Crippen molar-refractivity contribution in [1.29, 1.82) is 0 Å². The van der Waals surface area contributed by atoms with E-state index in [1.807, 2.05) is 66.7 Å². The van der Waals surface area contributed by atoms with Crippen molar-refractivity contribution in [1.82, 2.24) is 15.5 Å². The molecule has 5 rings (SSSR count). The summed E-state index contributed by atoms with van der Waals surface area (Å²) in [4.78, 5) is 25.0. The van der Waals surface area contributed by atoms with Crippen LogP contribution in [-0.2, 0) is 11.2 Å². The van der Waals surface area contributed by atoms with Crippen LogP contribution in [0.25, 0.3) is 21.7 Å². The zero-order valence-corrected chi connectivity index (χ0v) is 16.5. The van der Waals surface area contributed by atoms with Gasteiger partial charge in [-0.25, -0.2) is 5.10 Å². The largest absolute Gasteiger partial charge is 0.459 e. The third-order valence-electron chi connectivity index (χ3n) is 5.27. The average molecular weight is 409 g/mol. The van der Waals surface area contributed by atoms with Crippen molar-refractivity contribution in [3.05, 3.63) is 112 Å². The molecule has 3 aromatic carbocycles. The Morgan fingerprint density at radius 1 is 0.935 bits per heavy atom. The molecule has 2 N–H and O–H groups in total. The number of nitrogens with one attached hydrogen (secondary N) is 2. The Labute approximate surface area is 177 Å². The summed E-state index contributed by atoms with van der Waals surface area (Å²) in [6.07, 6.45) is 0.0286. The molecule has 1 atom stereocenters. The van der Waals surface area contributed by atoms with Crippen molar-refractivity contribution < 1.29 is 9.21 Å². The van der Waals surface area contributed by atoms with Crippen molar-refractivity contribution >= 4 is 27.6 Å². The van der Waals surface area contributed by atoms with Gasteiger partial charge in [0.1, 0.15) is 17.4 Å². The molecule has 1 amide bonds. The maximum atomic E-state index is 13.0. The van der Waals surface area contributed by atoms with E-state index in [4.69, 9.17) is 4.42 Å². The van der Waals surface area contributed by atoms with Gasteiger partial charge in [-0.2, -0.15) is 5.10 Å². The number of aromatic nitrogens is 2. The Hall–Kier alpha value is -4.19. The van der Waals surface area contributed by atoms with E-state index in [0.717, 1.165) is 16.5 Å². The topological polar surface area (TPSA) is 88.0 Å². The summed E-state index contributed by atoms with van der Waals surface area (Å²) in [5.41, 5.74) is 1.92. The minimum Gasteiger partial charge on any atom is -0.459 e. The van der Waals surface area contributed by atoms with Crippen LogP contribution in [0.1, 0.15) is 23.1 Å². The number of hydrogen-bond acceptors (Lipinski definition) is 4. The van der Waals surface area contributed by atoms with Crippen LogP contribution in [-0.4, -0.2) is 16.1 Å². The summed E-state index contributed by atoms with van der Waals surface area (Å²) < 4.78 is 6.04. The molecule has 0 aliphatic carbocycles. The quantitative estimate of drug-likeness (QED) is 0.457.